The van der Waals surface area contributed by atoms with Crippen LogP contribution in [0.2, 0.25) is 0 Å². The van der Waals surface area contributed by atoms with Crippen LogP contribution >= 0.6 is 0 Å². The van der Waals surface area contributed by atoms with E-state index in [1.807, 2.05) is 42.3 Å². The first kappa shape index (κ1) is 23.4. The fourth-order valence-corrected chi connectivity index (χ4v) is 3.78. The Hall–Kier alpha value is -3.72. The van der Waals surface area contributed by atoms with Crippen molar-refractivity contribution in [2.24, 2.45) is 7.05 Å². The molecule has 9 heteroatoms. The van der Waals surface area contributed by atoms with Crippen LogP contribution in [-0.4, -0.2) is 44.9 Å². The van der Waals surface area contributed by atoms with Crippen LogP contribution in [0.25, 0.3) is 33.6 Å². The molecule has 4 rings (SSSR count). The average Bonchev–Trinajstić information content (AvgIpc) is 3.23. The number of hydrogen-bond acceptors (Lipinski definition) is 4. The highest BCUT2D eigenvalue weighted by molar-refractivity contribution is 5.83. The third-order valence-corrected chi connectivity index (χ3v) is 5.57. The second kappa shape index (κ2) is 9.26. The lowest BCUT2D eigenvalue weighted by Gasteiger charge is -2.16. The van der Waals surface area contributed by atoms with Crippen LogP contribution in [0.3, 0.4) is 0 Å². The molecular formula is C25H24F3N5O. The molecule has 0 fully saturated rings. The van der Waals surface area contributed by atoms with Crippen molar-refractivity contribution < 1.29 is 13.2 Å². The van der Waals surface area contributed by atoms with Crippen LogP contribution in [0.5, 0.6) is 0 Å². The fraction of sp³-hybridized carbons (Fsp3) is 0.240. The minimum atomic E-state index is -4.57. The van der Waals surface area contributed by atoms with E-state index in [-0.39, 0.29) is 12.1 Å². The lowest BCUT2D eigenvalue weighted by molar-refractivity contribution is -0.138. The normalized spacial score (nSPS) is 11.9. The van der Waals surface area contributed by atoms with Crippen molar-refractivity contribution in [3.05, 3.63) is 83.0 Å². The summed E-state index contributed by atoms with van der Waals surface area (Å²) >= 11 is 0. The Morgan fingerprint density at radius 1 is 0.941 bits per heavy atom. The van der Waals surface area contributed by atoms with Gasteiger partial charge in [0.2, 0.25) is 0 Å². The van der Waals surface area contributed by atoms with Crippen LogP contribution in [0.4, 0.5) is 13.2 Å². The van der Waals surface area contributed by atoms with Crippen LogP contribution in [-0.2, 0) is 19.8 Å². The number of aryl methyl sites for hydroxylation is 1. The van der Waals surface area contributed by atoms with Crippen molar-refractivity contribution in [2.45, 2.75) is 12.7 Å². The Morgan fingerprint density at radius 3 is 2.24 bits per heavy atom. The zero-order valence-corrected chi connectivity index (χ0v) is 19.0. The van der Waals surface area contributed by atoms with E-state index >= 15 is 0 Å². The van der Waals surface area contributed by atoms with Gasteiger partial charge in [-0.1, -0.05) is 42.5 Å². The number of hydrogen-bond donors (Lipinski definition) is 0. The zero-order chi connectivity index (χ0) is 24.5. The molecule has 0 aliphatic heterocycles. The molecule has 0 unspecified atom stereocenters. The largest absolute Gasteiger partial charge is 0.417 e. The molecule has 6 nitrogen and oxygen atoms in total. The highest BCUT2D eigenvalue weighted by Gasteiger charge is 2.32. The average molecular weight is 467 g/mol. The molecule has 0 aliphatic rings. The zero-order valence-electron chi connectivity index (χ0n) is 19.0. The number of benzene rings is 2. The molecule has 0 radical (unpaired) electrons. The molecule has 0 saturated heterocycles. The Bertz CT molecular complexity index is 1370. The van der Waals surface area contributed by atoms with E-state index in [9.17, 15) is 18.0 Å². The van der Waals surface area contributed by atoms with Gasteiger partial charge in [0.15, 0.2) is 5.82 Å². The minimum absolute atomic E-state index is 0.00608. The summed E-state index contributed by atoms with van der Waals surface area (Å²) in [6.07, 6.45) is -2.08. The van der Waals surface area contributed by atoms with Gasteiger partial charge in [0.05, 0.1) is 5.56 Å². The summed E-state index contributed by atoms with van der Waals surface area (Å²) in [7, 11) is 5.44. The number of aromatic nitrogens is 4. The van der Waals surface area contributed by atoms with Crippen molar-refractivity contribution in [1.29, 1.82) is 0 Å². The van der Waals surface area contributed by atoms with Crippen molar-refractivity contribution in [1.82, 2.24) is 24.2 Å². The van der Waals surface area contributed by atoms with E-state index < -0.39 is 17.3 Å². The Kier molecular flexibility index (Phi) is 6.39. The molecule has 0 amide bonds. The summed E-state index contributed by atoms with van der Waals surface area (Å²) in [4.78, 5) is 15.0. The maximum atomic E-state index is 13.6. The smallest absolute Gasteiger partial charge is 0.317 e. The lowest BCUT2D eigenvalue weighted by atomic mass is 9.95. The van der Waals surface area contributed by atoms with Crippen LogP contribution in [0.1, 0.15) is 5.56 Å². The first-order valence-electron chi connectivity index (χ1n) is 10.7. The monoisotopic (exact) mass is 467 g/mol. The van der Waals surface area contributed by atoms with E-state index in [2.05, 4.69) is 10.2 Å². The molecule has 176 valence electrons. The molecule has 0 spiro atoms. The topological polar surface area (TPSA) is 56.0 Å². The lowest BCUT2D eigenvalue weighted by Crippen LogP contribution is -2.28. The quantitative estimate of drug-likeness (QED) is 0.417. The van der Waals surface area contributed by atoms with Crippen molar-refractivity contribution in [3.8, 4) is 33.6 Å². The highest BCUT2D eigenvalue weighted by atomic mass is 19.4. The van der Waals surface area contributed by atoms with E-state index in [1.165, 1.54) is 0 Å². The van der Waals surface area contributed by atoms with Gasteiger partial charge in [-0.25, -0.2) is 0 Å². The highest BCUT2D eigenvalue weighted by Crippen LogP contribution is 2.34. The molecule has 4 aromatic rings. The van der Waals surface area contributed by atoms with Gasteiger partial charge in [-0.15, -0.1) is 10.2 Å². The van der Waals surface area contributed by atoms with Gasteiger partial charge in [-0.3, -0.25) is 4.79 Å². The summed E-state index contributed by atoms with van der Waals surface area (Å²) in [5.74, 6) is 0.658. The maximum absolute atomic E-state index is 13.6. The number of nitrogens with zero attached hydrogens (tertiary/aromatic N) is 5. The molecule has 2 aromatic carbocycles. The predicted octanol–water partition coefficient (Wildman–Crippen LogP) is 4.56. The van der Waals surface area contributed by atoms with E-state index in [1.54, 1.807) is 43.2 Å². The molecule has 0 aliphatic carbocycles. The Morgan fingerprint density at radius 2 is 1.62 bits per heavy atom. The van der Waals surface area contributed by atoms with Crippen LogP contribution in [0.15, 0.2) is 71.9 Å². The number of rotatable bonds is 6. The number of pyridine rings is 1. The second-order valence-electron chi connectivity index (χ2n) is 8.33. The van der Waals surface area contributed by atoms with Crippen molar-refractivity contribution in [3.63, 3.8) is 0 Å². The van der Waals surface area contributed by atoms with Crippen molar-refractivity contribution >= 4 is 0 Å². The minimum Gasteiger partial charge on any atom is -0.317 e. The molecule has 0 bridgehead atoms. The fourth-order valence-electron chi connectivity index (χ4n) is 3.78. The standard InChI is InChI=1S/C25H24F3N5O/c1-31(2)11-12-33-15-19(25(26,27)28)14-22(24(33)34)18-8-6-7-17(13-18)20-9-4-5-10-21(20)23-30-29-16-32(23)3/h4-10,13-16H,11-12H2,1-3H3. The summed E-state index contributed by atoms with van der Waals surface area (Å²) in [5.41, 5.74) is 1.52. The summed E-state index contributed by atoms with van der Waals surface area (Å²) in [5, 5.41) is 8.12. The summed E-state index contributed by atoms with van der Waals surface area (Å²) in [6, 6.07) is 15.5. The maximum Gasteiger partial charge on any atom is 0.417 e. The molecule has 0 N–H and O–H groups in total. The van der Waals surface area contributed by atoms with E-state index in [0.717, 1.165) is 33.5 Å². The molecule has 2 aromatic heterocycles. The van der Waals surface area contributed by atoms with Gasteiger partial charge >= 0.3 is 6.18 Å². The number of likely N-dealkylation sites (N-methyl/N-ethyl adjacent to an activating group) is 1. The summed E-state index contributed by atoms with van der Waals surface area (Å²) in [6.45, 7) is 0.587. The van der Waals surface area contributed by atoms with Gasteiger partial charge in [-0.2, -0.15) is 13.2 Å². The van der Waals surface area contributed by atoms with Gasteiger partial charge < -0.3 is 14.0 Å². The van der Waals surface area contributed by atoms with Gasteiger partial charge in [-0.05, 0) is 42.9 Å². The third kappa shape index (κ3) is 4.79. The first-order chi connectivity index (χ1) is 16.1. The molecule has 34 heavy (non-hydrogen) atoms. The van der Waals surface area contributed by atoms with Gasteiger partial charge in [0.25, 0.3) is 5.56 Å². The van der Waals surface area contributed by atoms with Crippen LogP contribution in [0, 0.1) is 0 Å². The molecular weight excluding hydrogens is 443 g/mol. The molecule has 2 heterocycles. The third-order valence-electron chi connectivity index (χ3n) is 5.57. The van der Waals surface area contributed by atoms with E-state index in [0.29, 0.717) is 17.9 Å². The van der Waals surface area contributed by atoms with Gasteiger partial charge in [0.1, 0.15) is 6.33 Å². The van der Waals surface area contributed by atoms with Crippen molar-refractivity contribution in [2.75, 3.05) is 20.6 Å². The van der Waals surface area contributed by atoms with E-state index in [4.69, 9.17) is 0 Å². The predicted molar refractivity (Wildman–Crippen MR) is 125 cm³/mol. The summed E-state index contributed by atoms with van der Waals surface area (Å²) < 4.78 is 43.9. The molecule has 0 atom stereocenters. The SMILES string of the molecule is CN(C)CCn1cc(C(F)(F)F)cc(-c2cccc(-c3ccccc3-c3nncn3C)c2)c1=O. The van der Waals surface area contributed by atoms with Gasteiger partial charge in [0, 0.05) is 37.5 Å². The van der Waals surface area contributed by atoms with Crippen LogP contribution < -0.4 is 5.56 Å². The number of alkyl halides is 3. The Balaban J connectivity index is 1.85. The second-order valence-corrected chi connectivity index (χ2v) is 8.33. The Labute approximate surface area is 194 Å². The first-order valence-corrected chi connectivity index (χ1v) is 10.7. The molecule has 0 saturated carbocycles. The number of halogens is 3.